The summed E-state index contributed by atoms with van der Waals surface area (Å²) in [6, 6.07) is 6.69. The Morgan fingerprint density at radius 3 is 2.38 bits per heavy atom. The quantitative estimate of drug-likeness (QED) is 0.492. The van der Waals surface area contributed by atoms with Crippen molar-refractivity contribution in [3.8, 4) is 0 Å². The highest BCUT2D eigenvalue weighted by Gasteiger charge is 2.19. The van der Waals surface area contributed by atoms with E-state index >= 15 is 0 Å². The van der Waals surface area contributed by atoms with E-state index in [-0.39, 0.29) is 0 Å². The lowest BCUT2D eigenvalue weighted by Crippen LogP contribution is -2.42. The molecule has 0 aliphatic rings. The minimum atomic E-state index is -1.03. The van der Waals surface area contributed by atoms with Crippen LogP contribution in [-0.2, 0) is 6.42 Å². The lowest BCUT2D eigenvalue weighted by molar-refractivity contribution is 0.180. The molecule has 0 heterocycles. The SMILES string of the molecule is CC(C)(CCc1ccc(NC(=O)N(S)Cl)cc1)NC(=O)O. The van der Waals surface area contributed by atoms with Crippen LogP contribution in [0.5, 0.6) is 0 Å². The number of hydrogen-bond acceptors (Lipinski definition) is 3. The Morgan fingerprint density at radius 2 is 1.90 bits per heavy atom. The second-order valence-corrected chi connectivity index (χ2v) is 6.17. The average molecular weight is 332 g/mol. The fraction of sp³-hybridized carbons (Fsp3) is 0.385. The summed E-state index contributed by atoms with van der Waals surface area (Å²) in [5.41, 5.74) is 1.15. The Labute approximate surface area is 134 Å². The van der Waals surface area contributed by atoms with Crippen LogP contribution in [0.2, 0.25) is 0 Å². The first-order chi connectivity index (χ1) is 9.69. The number of carbonyl (C=O) groups is 2. The van der Waals surface area contributed by atoms with Crippen LogP contribution >= 0.6 is 24.6 Å². The summed E-state index contributed by atoms with van der Waals surface area (Å²) < 4.78 is 0.633. The van der Waals surface area contributed by atoms with Crippen molar-refractivity contribution in [3.05, 3.63) is 29.8 Å². The van der Waals surface area contributed by atoms with E-state index in [2.05, 4.69) is 23.4 Å². The van der Waals surface area contributed by atoms with Gasteiger partial charge in [0.05, 0.1) is 0 Å². The maximum atomic E-state index is 11.3. The molecule has 116 valence electrons. The Balaban J connectivity index is 2.55. The number of rotatable bonds is 5. The second-order valence-electron chi connectivity index (χ2n) is 5.20. The predicted molar refractivity (Wildman–Crippen MR) is 85.7 cm³/mol. The lowest BCUT2D eigenvalue weighted by atomic mass is 9.95. The Hall–Kier alpha value is -1.60. The number of aryl methyl sites for hydroxylation is 1. The van der Waals surface area contributed by atoms with E-state index in [9.17, 15) is 9.59 Å². The smallest absolute Gasteiger partial charge is 0.405 e. The van der Waals surface area contributed by atoms with Crippen molar-refractivity contribution in [2.75, 3.05) is 5.32 Å². The van der Waals surface area contributed by atoms with E-state index in [0.717, 1.165) is 12.0 Å². The van der Waals surface area contributed by atoms with Gasteiger partial charge in [0.25, 0.3) is 0 Å². The van der Waals surface area contributed by atoms with E-state index in [1.807, 2.05) is 26.0 Å². The number of carboxylic acid groups (broad SMARTS) is 1. The number of nitrogens with zero attached hydrogens (tertiary/aromatic N) is 1. The monoisotopic (exact) mass is 331 g/mol. The lowest BCUT2D eigenvalue weighted by Gasteiger charge is -2.24. The average Bonchev–Trinajstić information content (AvgIpc) is 2.36. The highest BCUT2D eigenvalue weighted by atomic mass is 35.5. The van der Waals surface area contributed by atoms with Crippen molar-refractivity contribution in [1.82, 2.24) is 9.14 Å². The number of hydrogen-bond donors (Lipinski definition) is 4. The van der Waals surface area contributed by atoms with Crippen LogP contribution in [-0.4, -0.2) is 26.6 Å². The van der Waals surface area contributed by atoms with Gasteiger partial charge in [-0.2, -0.15) is 3.82 Å². The maximum Gasteiger partial charge on any atom is 0.405 e. The van der Waals surface area contributed by atoms with Crippen molar-refractivity contribution >= 4 is 42.4 Å². The molecule has 3 amide bonds. The van der Waals surface area contributed by atoms with Gasteiger partial charge < -0.3 is 15.7 Å². The molecule has 0 aromatic heterocycles. The van der Waals surface area contributed by atoms with Gasteiger partial charge in [-0.25, -0.2) is 9.59 Å². The molecule has 3 N–H and O–H groups in total. The van der Waals surface area contributed by atoms with Gasteiger partial charge in [-0.1, -0.05) is 12.1 Å². The molecule has 0 spiro atoms. The summed E-state index contributed by atoms with van der Waals surface area (Å²) in [6.45, 7) is 3.66. The number of benzene rings is 1. The topological polar surface area (TPSA) is 81.7 Å². The minimum absolute atomic E-state index is 0.496. The third-order valence-electron chi connectivity index (χ3n) is 2.86. The van der Waals surface area contributed by atoms with Gasteiger partial charge in [0.1, 0.15) is 0 Å². The molecule has 1 aromatic carbocycles. The summed E-state index contributed by atoms with van der Waals surface area (Å²) in [5.74, 6) is 0. The fourth-order valence-electron chi connectivity index (χ4n) is 1.73. The zero-order valence-electron chi connectivity index (χ0n) is 11.8. The number of thiol groups is 1. The number of nitrogens with one attached hydrogen (secondary N) is 2. The minimum Gasteiger partial charge on any atom is -0.465 e. The molecular formula is C13H18ClN3O3S. The Kier molecular flexibility index (Phi) is 6.17. The van der Waals surface area contributed by atoms with Crippen LogP contribution in [0.25, 0.3) is 0 Å². The highest BCUT2D eigenvalue weighted by molar-refractivity contribution is 7.79. The van der Waals surface area contributed by atoms with E-state index in [0.29, 0.717) is 15.9 Å². The maximum absolute atomic E-state index is 11.3. The van der Waals surface area contributed by atoms with Gasteiger partial charge in [0.2, 0.25) is 0 Å². The summed E-state index contributed by atoms with van der Waals surface area (Å²) in [6.07, 6.45) is 0.350. The first-order valence-corrected chi connectivity index (χ1v) is 6.99. The molecule has 0 radical (unpaired) electrons. The van der Waals surface area contributed by atoms with Crippen molar-refractivity contribution in [1.29, 1.82) is 0 Å². The molecule has 8 heteroatoms. The molecule has 0 fully saturated rings. The molecule has 0 atom stereocenters. The summed E-state index contributed by atoms with van der Waals surface area (Å²) in [4.78, 5) is 22.0. The highest BCUT2D eigenvalue weighted by Crippen LogP contribution is 2.16. The molecule has 0 aliphatic carbocycles. The summed E-state index contributed by atoms with van der Waals surface area (Å²) in [5, 5.41) is 13.8. The third kappa shape index (κ3) is 6.59. The Bertz CT molecular complexity index is 506. The van der Waals surface area contributed by atoms with Gasteiger partial charge in [-0.05, 0) is 57.2 Å². The predicted octanol–water partition coefficient (Wildman–Crippen LogP) is 3.50. The van der Waals surface area contributed by atoms with Crippen LogP contribution in [0.4, 0.5) is 15.3 Å². The van der Waals surface area contributed by atoms with Gasteiger partial charge >= 0.3 is 12.1 Å². The molecule has 0 saturated carbocycles. The number of urea groups is 1. The summed E-state index contributed by atoms with van der Waals surface area (Å²) in [7, 11) is 0. The van der Waals surface area contributed by atoms with Gasteiger partial charge in [0.15, 0.2) is 0 Å². The zero-order chi connectivity index (χ0) is 16.0. The fourth-order valence-corrected chi connectivity index (χ4v) is 1.83. The van der Waals surface area contributed by atoms with Crippen LogP contribution in [0.15, 0.2) is 24.3 Å². The standard InChI is InChI=1S/C13H18ClN3O3S/c1-13(2,16-12(19)20)8-7-9-3-5-10(6-4-9)15-11(18)17(14)21/h3-6,16,21H,7-8H2,1-2H3,(H,15,18)(H,19,20). The van der Waals surface area contributed by atoms with Gasteiger partial charge in [-0.15, -0.1) is 0 Å². The van der Waals surface area contributed by atoms with Crippen LogP contribution in [0.3, 0.4) is 0 Å². The number of carbonyl (C=O) groups excluding carboxylic acids is 1. The first kappa shape index (κ1) is 17.5. The molecule has 0 unspecified atom stereocenters. The molecule has 6 nitrogen and oxygen atoms in total. The zero-order valence-corrected chi connectivity index (χ0v) is 13.4. The van der Waals surface area contributed by atoms with Crippen LogP contribution in [0, 0.1) is 0 Å². The summed E-state index contributed by atoms with van der Waals surface area (Å²) >= 11 is 9.05. The van der Waals surface area contributed by atoms with E-state index in [4.69, 9.17) is 16.9 Å². The van der Waals surface area contributed by atoms with Crippen molar-refractivity contribution in [3.63, 3.8) is 0 Å². The van der Waals surface area contributed by atoms with Crippen molar-refractivity contribution in [2.24, 2.45) is 0 Å². The normalized spacial score (nSPS) is 10.9. The van der Waals surface area contributed by atoms with Crippen LogP contribution in [0.1, 0.15) is 25.8 Å². The van der Waals surface area contributed by atoms with Crippen molar-refractivity contribution in [2.45, 2.75) is 32.2 Å². The number of anilines is 1. The van der Waals surface area contributed by atoms with E-state index in [1.165, 1.54) is 0 Å². The molecule has 1 rings (SSSR count). The molecule has 0 bridgehead atoms. The van der Waals surface area contributed by atoms with Crippen LogP contribution < -0.4 is 10.6 Å². The molecular weight excluding hydrogens is 314 g/mol. The Morgan fingerprint density at radius 1 is 1.33 bits per heavy atom. The van der Waals surface area contributed by atoms with Gasteiger partial charge in [-0.3, -0.25) is 0 Å². The number of halogens is 1. The van der Waals surface area contributed by atoms with E-state index in [1.54, 1.807) is 12.1 Å². The largest absolute Gasteiger partial charge is 0.465 e. The van der Waals surface area contributed by atoms with E-state index < -0.39 is 17.7 Å². The molecule has 21 heavy (non-hydrogen) atoms. The van der Waals surface area contributed by atoms with Gasteiger partial charge in [0, 0.05) is 23.0 Å². The third-order valence-corrected chi connectivity index (χ3v) is 3.19. The van der Waals surface area contributed by atoms with Crippen molar-refractivity contribution < 1.29 is 14.7 Å². The second kappa shape index (κ2) is 7.42. The molecule has 0 aliphatic heterocycles. The molecule has 0 saturated heterocycles. The molecule has 1 aromatic rings. The first-order valence-electron chi connectivity index (χ1n) is 6.25. The number of amides is 3.